The second-order valence-corrected chi connectivity index (χ2v) is 7.21. The summed E-state index contributed by atoms with van der Waals surface area (Å²) in [6, 6.07) is 3.97. The summed E-state index contributed by atoms with van der Waals surface area (Å²) in [5.74, 6) is 0.150. The number of aromatic nitrogens is 2. The third-order valence-corrected chi connectivity index (χ3v) is 4.49. The number of allylic oxidation sites excluding steroid dienone is 3. The lowest BCUT2D eigenvalue weighted by Gasteiger charge is -2.36. The van der Waals surface area contributed by atoms with E-state index in [-0.39, 0.29) is 22.7 Å². The summed E-state index contributed by atoms with van der Waals surface area (Å²) >= 11 is 0. The maximum Gasteiger partial charge on any atom is 0.205 e. The van der Waals surface area contributed by atoms with Gasteiger partial charge in [0.25, 0.3) is 0 Å². The Morgan fingerprint density at radius 3 is 2.92 bits per heavy atom. The first-order valence-corrected chi connectivity index (χ1v) is 8.23. The minimum Gasteiger partial charge on any atom is -0.444 e. The van der Waals surface area contributed by atoms with Crippen molar-refractivity contribution >= 4 is 5.78 Å². The fourth-order valence-corrected chi connectivity index (χ4v) is 3.47. The summed E-state index contributed by atoms with van der Waals surface area (Å²) in [6.07, 6.45) is 3.88. The first kappa shape index (κ1) is 16.3. The van der Waals surface area contributed by atoms with Gasteiger partial charge in [-0.25, -0.2) is 0 Å². The van der Waals surface area contributed by atoms with Crippen molar-refractivity contribution in [3.05, 3.63) is 40.7 Å². The van der Waals surface area contributed by atoms with Crippen molar-refractivity contribution in [1.29, 1.82) is 5.26 Å². The van der Waals surface area contributed by atoms with E-state index >= 15 is 0 Å². The average Bonchev–Trinajstić information content (AvgIpc) is 2.93. The van der Waals surface area contributed by atoms with E-state index in [1.807, 2.05) is 30.8 Å². The van der Waals surface area contributed by atoms with Crippen LogP contribution < -0.4 is 5.73 Å². The minimum atomic E-state index is -0.527. The third kappa shape index (κ3) is 2.71. The number of nitrogens with two attached hydrogens (primary N) is 1. The topological polar surface area (TPSA) is 93.9 Å². The molecule has 1 aromatic rings. The first-order valence-electron chi connectivity index (χ1n) is 8.23. The van der Waals surface area contributed by atoms with Crippen LogP contribution in [-0.4, -0.2) is 15.6 Å². The van der Waals surface area contributed by atoms with Crippen LogP contribution in [0.4, 0.5) is 0 Å². The Morgan fingerprint density at radius 1 is 1.50 bits per heavy atom. The van der Waals surface area contributed by atoms with Crippen LogP contribution in [0, 0.1) is 16.7 Å². The molecule has 6 nitrogen and oxygen atoms in total. The predicted molar refractivity (Wildman–Crippen MR) is 88.2 cm³/mol. The Balaban J connectivity index is 2.11. The Hall–Kier alpha value is -2.55. The number of nitriles is 1. The van der Waals surface area contributed by atoms with Crippen LogP contribution in [0.15, 0.2) is 35.1 Å². The predicted octanol–water partition coefficient (Wildman–Crippen LogP) is 2.74. The van der Waals surface area contributed by atoms with Crippen LogP contribution in [0.25, 0.3) is 0 Å². The summed E-state index contributed by atoms with van der Waals surface area (Å²) in [4.78, 5) is 12.8. The number of nitrogens with zero attached hydrogens (tertiary/aromatic N) is 3. The zero-order valence-corrected chi connectivity index (χ0v) is 14.3. The molecule has 1 aliphatic heterocycles. The Labute approximate surface area is 141 Å². The molecule has 0 saturated heterocycles. The second-order valence-electron chi connectivity index (χ2n) is 7.21. The summed E-state index contributed by atoms with van der Waals surface area (Å²) in [6.45, 7) is 6.92. The maximum absolute atomic E-state index is 12.8. The Morgan fingerprint density at radius 2 is 2.25 bits per heavy atom. The summed E-state index contributed by atoms with van der Waals surface area (Å²) in [5.41, 5.74) is 7.29. The molecule has 6 heteroatoms. The van der Waals surface area contributed by atoms with Gasteiger partial charge in [0.05, 0.1) is 11.6 Å². The quantitative estimate of drug-likeness (QED) is 0.921. The van der Waals surface area contributed by atoms with E-state index in [2.05, 4.69) is 18.1 Å². The van der Waals surface area contributed by atoms with Crippen molar-refractivity contribution in [2.45, 2.75) is 52.5 Å². The van der Waals surface area contributed by atoms with Crippen molar-refractivity contribution in [2.75, 3.05) is 0 Å². The molecule has 0 bridgehead atoms. The SMILES string of the molecule is CCCn1ccc([C@H]2C(C#N)=C(N)OC3=C2C(=O)CC(C)(C)C3)n1. The number of carbonyl (C=O) groups excluding carboxylic acids is 1. The smallest absolute Gasteiger partial charge is 0.205 e. The fraction of sp³-hybridized carbons (Fsp3) is 0.500. The second kappa shape index (κ2) is 5.82. The highest BCUT2D eigenvalue weighted by atomic mass is 16.5. The molecule has 2 N–H and O–H groups in total. The van der Waals surface area contributed by atoms with Gasteiger partial charge in [0, 0.05) is 31.2 Å². The van der Waals surface area contributed by atoms with Crippen LogP contribution in [-0.2, 0) is 16.1 Å². The third-order valence-electron chi connectivity index (χ3n) is 4.49. The highest BCUT2D eigenvalue weighted by Gasteiger charge is 2.43. The van der Waals surface area contributed by atoms with Crippen molar-refractivity contribution in [3.8, 4) is 6.07 Å². The van der Waals surface area contributed by atoms with Gasteiger partial charge in [-0.1, -0.05) is 20.8 Å². The van der Waals surface area contributed by atoms with Crippen LogP contribution in [0.3, 0.4) is 0 Å². The lowest BCUT2D eigenvalue weighted by atomic mass is 9.71. The molecule has 126 valence electrons. The van der Waals surface area contributed by atoms with Gasteiger partial charge in [0.2, 0.25) is 5.88 Å². The molecule has 1 atom stereocenters. The van der Waals surface area contributed by atoms with Gasteiger partial charge in [-0.15, -0.1) is 0 Å². The van der Waals surface area contributed by atoms with Gasteiger partial charge in [0.15, 0.2) is 5.78 Å². The number of ketones is 1. The van der Waals surface area contributed by atoms with Gasteiger partial charge in [-0.05, 0) is 17.9 Å². The molecule has 2 heterocycles. The van der Waals surface area contributed by atoms with Crippen LogP contribution in [0.1, 0.15) is 51.6 Å². The molecule has 1 aromatic heterocycles. The van der Waals surface area contributed by atoms with Gasteiger partial charge in [-0.3, -0.25) is 9.48 Å². The number of carbonyl (C=O) groups is 1. The average molecular weight is 326 g/mol. The summed E-state index contributed by atoms with van der Waals surface area (Å²) < 4.78 is 7.49. The Kier molecular flexibility index (Phi) is 3.96. The van der Waals surface area contributed by atoms with Crippen LogP contribution in [0.5, 0.6) is 0 Å². The molecule has 3 rings (SSSR count). The standard InChI is InChI=1S/C18H22N4O2/c1-4-6-22-7-5-12(21-22)15-11(10-19)17(20)24-14-9-18(2,3)8-13(23)16(14)15/h5,7,15H,4,6,8-9,20H2,1-3H3/t15-/m1/s1. The van der Waals surface area contributed by atoms with Gasteiger partial charge in [-0.2, -0.15) is 10.4 Å². The largest absolute Gasteiger partial charge is 0.444 e. The molecule has 1 aliphatic carbocycles. The van der Waals surface area contributed by atoms with E-state index in [0.29, 0.717) is 29.9 Å². The molecule has 24 heavy (non-hydrogen) atoms. The van der Waals surface area contributed by atoms with E-state index in [4.69, 9.17) is 10.5 Å². The molecular weight excluding hydrogens is 304 g/mol. The summed E-state index contributed by atoms with van der Waals surface area (Å²) in [7, 11) is 0. The van der Waals surface area contributed by atoms with Crippen molar-refractivity contribution < 1.29 is 9.53 Å². The molecule has 0 spiro atoms. The highest BCUT2D eigenvalue weighted by molar-refractivity contribution is 5.99. The lowest BCUT2D eigenvalue weighted by molar-refractivity contribution is -0.119. The van der Waals surface area contributed by atoms with E-state index in [1.54, 1.807) is 0 Å². The van der Waals surface area contributed by atoms with Gasteiger partial charge in [0.1, 0.15) is 17.4 Å². The van der Waals surface area contributed by atoms with E-state index < -0.39 is 5.92 Å². The molecule has 0 radical (unpaired) electrons. The van der Waals surface area contributed by atoms with E-state index in [1.165, 1.54) is 0 Å². The Bertz CT molecular complexity index is 792. The number of Topliss-reactive ketones (excluding diaryl/α,β-unsaturated/α-hetero) is 1. The number of rotatable bonds is 3. The summed E-state index contributed by atoms with van der Waals surface area (Å²) in [5, 5.41) is 14.1. The van der Waals surface area contributed by atoms with Crippen molar-refractivity contribution in [1.82, 2.24) is 9.78 Å². The fourth-order valence-electron chi connectivity index (χ4n) is 3.47. The zero-order valence-electron chi connectivity index (χ0n) is 14.3. The highest BCUT2D eigenvalue weighted by Crippen LogP contribution is 2.47. The monoisotopic (exact) mass is 326 g/mol. The van der Waals surface area contributed by atoms with Gasteiger partial charge < -0.3 is 10.5 Å². The van der Waals surface area contributed by atoms with Crippen molar-refractivity contribution in [2.24, 2.45) is 11.1 Å². The van der Waals surface area contributed by atoms with Gasteiger partial charge >= 0.3 is 0 Å². The lowest BCUT2D eigenvalue weighted by Crippen LogP contribution is -2.33. The number of hydrogen-bond acceptors (Lipinski definition) is 5. The van der Waals surface area contributed by atoms with Crippen molar-refractivity contribution in [3.63, 3.8) is 0 Å². The number of hydrogen-bond donors (Lipinski definition) is 1. The molecular formula is C18H22N4O2. The number of ether oxygens (including phenoxy) is 1. The molecule has 0 saturated carbocycles. The first-order chi connectivity index (χ1) is 11.4. The normalized spacial score (nSPS) is 22.9. The van der Waals surface area contributed by atoms with E-state index in [9.17, 15) is 10.1 Å². The maximum atomic E-state index is 12.8. The molecule has 0 fully saturated rings. The molecule has 0 unspecified atom stereocenters. The minimum absolute atomic E-state index is 0.0107. The molecule has 2 aliphatic rings. The zero-order chi connectivity index (χ0) is 17.5. The number of aryl methyl sites for hydroxylation is 1. The van der Waals surface area contributed by atoms with Crippen LogP contribution >= 0.6 is 0 Å². The van der Waals surface area contributed by atoms with Crippen LogP contribution in [0.2, 0.25) is 0 Å². The molecule has 0 amide bonds. The molecule has 0 aromatic carbocycles. The van der Waals surface area contributed by atoms with E-state index in [0.717, 1.165) is 13.0 Å².